The third kappa shape index (κ3) is 6.08. The average Bonchev–Trinajstić information content (AvgIpc) is 3.26. The molecule has 1 amide bonds. The van der Waals surface area contributed by atoms with E-state index in [0.717, 1.165) is 41.5 Å². The minimum atomic E-state index is -3.59. The van der Waals surface area contributed by atoms with E-state index in [1.807, 2.05) is 45.0 Å². The van der Waals surface area contributed by atoms with Crippen molar-refractivity contribution in [1.82, 2.24) is 14.2 Å². The highest BCUT2D eigenvalue weighted by Gasteiger charge is 2.32. The molecule has 0 radical (unpaired) electrons. The van der Waals surface area contributed by atoms with Crippen LogP contribution in [-0.4, -0.2) is 68.3 Å². The van der Waals surface area contributed by atoms with Crippen molar-refractivity contribution < 1.29 is 13.2 Å². The molecular formula is C26H35ClN4O3S2. The van der Waals surface area contributed by atoms with Gasteiger partial charge in [0.15, 0.2) is 5.13 Å². The molecule has 2 aromatic carbocycles. The number of fused-ring (bicyclic) bond motifs is 1. The molecule has 1 saturated heterocycles. The van der Waals surface area contributed by atoms with E-state index >= 15 is 0 Å². The van der Waals surface area contributed by atoms with Gasteiger partial charge in [0, 0.05) is 31.2 Å². The Kier molecular flexibility index (Phi) is 9.51. The molecule has 1 aromatic heterocycles. The molecule has 36 heavy (non-hydrogen) atoms. The second-order valence-electron chi connectivity index (χ2n) is 9.43. The van der Waals surface area contributed by atoms with Gasteiger partial charge >= 0.3 is 0 Å². The number of carbonyl (C=O) groups excluding carboxylic acids is 1. The fourth-order valence-electron chi connectivity index (χ4n) is 4.48. The fraction of sp³-hybridized carbons (Fsp3) is 0.462. The fourth-order valence-corrected chi connectivity index (χ4v) is 7.33. The molecule has 3 aromatic rings. The summed E-state index contributed by atoms with van der Waals surface area (Å²) in [5.74, 6) is -0.184. The van der Waals surface area contributed by atoms with Crippen LogP contribution in [0.2, 0.25) is 0 Å². The molecule has 1 aliphatic rings. The molecule has 4 rings (SSSR count). The summed E-state index contributed by atoms with van der Waals surface area (Å²) < 4.78 is 29.3. The van der Waals surface area contributed by atoms with E-state index in [2.05, 4.69) is 6.07 Å². The lowest BCUT2D eigenvalue weighted by atomic mass is 10.0. The lowest BCUT2D eigenvalue weighted by Crippen LogP contribution is -2.43. The number of hydrogen-bond donors (Lipinski definition) is 0. The van der Waals surface area contributed by atoms with Crippen LogP contribution >= 0.6 is 23.7 Å². The Morgan fingerprint density at radius 1 is 1.11 bits per heavy atom. The van der Waals surface area contributed by atoms with Gasteiger partial charge in [-0.15, -0.1) is 12.4 Å². The monoisotopic (exact) mass is 550 g/mol. The normalized spacial score (nSPS) is 16.8. The minimum absolute atomic E-state index is 0. The molecule has 1 unspecified atom stereocenters. The summed E-state index contributed by atoms with van der Waals surface area (Å²) in [5, 5.41) is 0.647. The number of aryl methyl sites for hydroxylation is 1. The number of thiazole rings is 1. The van der Waals surface area contributed by atoms with Crippen LogP contribution in [0.4, 0.5) is 5.13 Å². The van der Waals surface area contributed by atoms with E-state index in [1.165, 1.54) is 11.3 Å². The van der Waals surface area contributed by atoms with E-state index in [-0.39, 0.29) is 29.3 Å². The van der Waals surface area contributed by atoms with Crippen LogP contribution in [0.25, 0.3) is 10.2 Å². The van der Waals surface area contributed by atoms with Gasteiger partial charge < -0.3 is 4.90 Å². The number of halogens is 1. The first-order chi connectivity index (χ1) is 16.7. The molecule has 0 saturated carbocycles. The summed E-state index contributed by atoms with van der Waals surface area (Å²) in [4.78, 5) is 22.3. The van der Waals surface area contributed by atoms with Gasteiger partial charge in [0.2, 0.25) is 10.0 Å². The van der Waals surface area contributed by atoms with Crippen molar-refractivity contribution in [2.45, 2.75) is 50.5 Å². The van der Waals surface area contributed by atoms with Gasteiger partial charge in [0.05, 0.1) is 15.1 Å². The molecule has 0 spiro atoms. The smallest absolute Gasteiger partial charge is 0.260 e. The SMILES string of the molecule is CCC1CCCCN1S(=O)(=O)c1ccc(C(=O)N(CCN(C)C)c2nc3ccc(C)cc3s2)cc1.Cl. The molecule has 196 valence electrons. The highest BCUT2D eigenvalue weighted by Crippen LogP contribution is 2.31. The predicted molar refractivity (Wildman–Crippen MR) is 150 cm³/mol. The number of hydrogen-bond acceptors (Lipinski definition) is 6. The number of carbonyl (C=O) groups is 1. The van der Waals surface area contributed by atoms with E-state index in [0.29, 0.717) is 30.3 Å². The zero-order valence-electron chi connectivity index (χ0n) is 21.3. The summed E-state index contributed by atoms with van der Waals surface area (Å²) in [6.07, 6.45) is 3.65. The van der Waals surface area contributed by atoms with Crippen LogP contribution in [0.3, 0.4) is 0 Å². The number of piperidine rings is 1. The number of rotatable bonds is 8. The first kappa shape index (κ1) is 28.5. The van der Waals surface area contributed by atoms with Crippen LogP contribution in [0.1, 0.15) is 48.5 Å². The summed E-state index contributed by atoms with van der Waals surface area (Å²) in [6.45, 7) is 5.79. The van der Waals surface area contributed by atoms with E-state index in [4.69, 9.17) is 4.98 Å². The maximum absolute atomic E-state index is 13.6. The molecule has 10 heteroatoms. The zero-order chi connectivity index (χ0) is 25.2. The third-order valence-corrected chi connectivity index (χ3v) is 9.54. The van der Waals surface area contributed by atoms with Crippen molar-refractivity contribution in [3.63, 3.8) is 0 Å². The molecule has 1 aliphatic heterocycles. The topological polar surface area (TPSA) is 73.8 Å². The largest absolute Gasteiger partial charge is 0.308 e. The molecular weight excluding hydrogens is 516 g/mol. The first-order valence-corrected chi connectivity index (χ1v) is 14.4. The Balaban J connectivity index is 0.00000361. The predicted octanol–water partition coefficient (Wildman–Crippen LogP) is 5.19. The molecule has 1 fully saturated rings. The minimum Gasteiger partial charge on any atom is -0.308 e. The van der Waals surface area contributed by atoms with Crippen molar-refractivity contribution in [2.75, 3.05) is 38.6 Å². The van der Waals surface area contributed by atoms with Crippen LogP contribution in [0, 0.1) is 6.92 Å². The van der Waals surface area contributed by atoms with Gasteiger partial charge in [0.1, 0.15) is 0 Å². The zero-order valence-corrected chi connectivity index (χ0v) is 23.8. The standard InChI is InChI=1S/C26H34N4O3S2.ClH/c1-5-21-8-6-7-15-30(21)35(32,33)22-12-10-20(11-13-22)25(31)29(17-16-28(3)4)26-27-23-14-9-19(2)18-24(23)34-26;/h9-14,18,21H,5-8,15-17H2,1-4H3;1H. The Bertz CT molecular complexity index is 1290. The summed E-state index contributed by atoms with van der Waals surface area (Å²) >= 11 is 1.50. The number of likely N-dealkylation sites (N-methyl/N-ethyl adjacent to an activating group) is 1. The molecule has 0 bridgehead atoms. The Hall–Kier alpha value is -2.04. The van der Waals surface area contributed by atoms with Crippen LogP contribution in [0.5, 0.6) is 0 Å². The first-order valence-electron chi connectivity index (χ1n) is 12.2. The molecule has 1 atom stereocenters. The van der Waals surface area contributed by atoms with Gasteiger partial charge in [-0.25, -0.2) is 13.4 Å². The summed E-state index contributed by atoms with van der Waals surface area (Å²) in [5.41, 5.74) is 2.46. The highest BCUT2D eigenvalue weighted by atomic mass is 35.5. The molecule has 7 nitrogen and oxygen atoms in total. The van der Waals surface area contributed by atoms with Crippen LogP contribution < -0.4 is 4.90 Å². The van der Waals surface area contributed by atoms with Crippen molar-refractivity contribution >= 4 is 55.0 Å². The summed E-state index contributed by atoms with van der Waals surface area (Å²) in [6, 6.07) is 12.5. The number of amides is 1. The molecule has 0 aliphatic carbocycles. The number of anilines is 1. The number of aromatic nitrogens is 1. The number of benzene rings is 2. The van der Waals surface area contributed by atoms with Gasteiger partial charge in [0.25, 0.3) is 5.91 Å². The lowest BCUT2D eigenvalue weighted by molar-refractivity contribution is 0.0985. The van der Waals surface area contributed by atoms with Gasteiger partial charge in [-0.1, -0.05) is 30.7 Å². The second kappa shape index (κ2) is 12.0. The van der Waals surface area contributed by atoms with E-state index < -0.39 is 10.0 Å². The Morgan fingerprint density at radius 3 is 2.50 bits per heavy atom. The number of nitrogens with zero attached hydrogens (tertiary/aromatic N) is 4. The Labute approximate surface area is 224 Å². The van der Waals surface area contributed by atoms with Crippen molar-refractivity contribution in [3.8, 4) is 0 Å². The van der Waals surface area contributed by atoms with Crippen molar-refractivity contribution in [1.29, 1.82) is 0 Å². The second-order valence-corrected chi connectivity index (χ2v) is 12.3. The molecule has 0 N–H and O–H groups in total. The van der Waals surface area contributed by atoms with E-state index in [1.54, 1.807) is 33.5 Å². The maximum atomic E-state index is 13.6. The summed E-state index contributed by atoms with van der Waals surface area (Å²) in [7, 11) is 0.343. The number of sulfonamides is 1. The van der Waals surface area contributed by atoms with Gasteiger partial charge in [-0.3, -0.25) is 9.69 Å². The quantitative estimate of drug-likeness (QED) is 0.386. The third-order valence-electron chi connectivity index (χ3n) is 6.53. The highest BCUT2D eigenvalue weighted by molar-refractivity contribution is 7.89. The van der Waals surface area contributed by atoms with Crippen molar-refractivity contribution in [3.05, 3.63) is 53.6 Å². The average molecular weight is 551 g/mol. The van der Waals surface area contributed by atoms with Gasteiger partial charge in [-0.05, 0) is 82.2 Å². The maximum Gasteiger partial charge on any atom is 0.260 e. The van der Waals surface area contributed by atoms with E-state index in [9.17, 15) is 13.2 Å². The Morgan fingerprint density at radius 2 is 1.83 bits per heavy atom. The molecule has 2 heterocycles. The van der Waals surface area contributed by atoms with Crippen LogP contribution in [-0.2, 0) is 10.0 Å². The van der Waals surface area contributed by atoms with Crippen molar-refractivity contribution in [2.24, 2.45) is 0 Å². The van der Waals surface area contributed by atoms with Crippen LogP contribution in [0.15, 0.2) is 47.4 Å². The lowest BCUT2D eigenvalue weighted by Gasteiger charge is -2.34. The van der Waals surface area contributed by atoms with Gasteiger partial charge in [-0.2, -0.15) is 4.31 Å².